The van der Waals surface area contributed by atoms with Crippen LogP contribution in [0.25, 0.3) is 6.08 Å². The summed E-state index contributed by atoms with van der Waals surface area (Å²) in [7, 11) is 0. The summed E-state index contributed by atoms with van der Waals surface area (Å²) in [6.07, 6.45) is 1.48. The molecular formula is C38H29Cl2N3O4S. The minimum atomic E-state index is -0.641. The van der Waals surface area contributed by atoms with Crippen LogP contribution in [0.1, 0.15) is 44.0 Å². The maximum absolute atomic E-state index is 13.6. The molecular weight excluding hydrogens is 665 g/mol. The Kier molecular flexibility index (Phi) is 11.5. The molecule has 0 heterocycles. The first kappa shape index (κ1) is 34.2. The molecule has 0 aliphatic carbocycles. The van der Waals surface area contributed by atoms with Crippen LogP contribution in [-0.4, -0.2) is 23.5 Å². The Morgan fingerprint density at radius 3 is 2.04 bits per heavy atom. The average Bonchev–Trinajstić information content (AvgIpc) is 3.09. The molecule has 0 radical (unpaired) electrons. The summed E-state index contributed by atoms with van der Waals surface area (Å²) < 4.78 is 0. The van der Waals surface area contributed by atoms with Crippen molar-refractivity contribution in [3.05, 3.63) is 165 Å². The lowest BCUT2D eigenvalue weighted by molar-refractivity contribution is -0.116. The number of carbonyl (C=O) groups is 4. The standard InChI is InChI=1S/C38H29Cl2N3O4S/c1-24(44)25-16-19-30(20-17-25)41-38(47)35(26-9-4-2-5-10-26)48-32-14-8-13-31(23-32)42-37(46)34(21-28-15-18-29(39)22-33(28)40)43-36(45)27-11-6-3-7-12-27/h2-23,35H,1H3,(H,41,47)(H,42,46)(H,43,45)/b34-21+. The number of halogens is 2. The number of hydrogen-bond donors (Lipinski definition) is 3. The molecule has 48 heavy (non-hydrogen) atoms. The summed E-state index contributed by atoms with van der Waals surface area (Å²) in [5, 5.41) is 8.59. The van der Waals surface area contributed by atoms with Crippen molar-refractivity contribution in [2.75, 3.05) is 10.6 Å². The second kappa shape index (κ2) is 16.1. The first-order valence-corrected chi connectivity index (χ1v) is 16.4. The van der Waals surface area contributed by atoms with Crippen molar-refractivity contribution in [1.29, 1.82) is 0 Å². The van der Waals surface area contributed by atoms with E-state index in [1.165, 1.54) is 24.8 Å². The molecule has 0 saturated carbocycles. The maximum Gasteiger partial charge on any atom is 0.272 e. The van der Waals surface area contributed by atoms with E-state index < -0.39 is 17.1 Å². The van der Waals surface area contributed by atoms with Crippen LogP contribution >= 0.6 is 35.0 Å². The zero-order chi connectivity index (χ0) is 34.0. The van der Waals surface area contributed by atoms with Crippen molar-refractivity contribution in [3.8, 4) is 0 Å². The van der Waals surface area contributed by atoms with Gasteiger partial charge in [0.2, 0.25) is 5.91 Å². The van der Waals surface area contributed by atoms with E-state index in [9.17, 15) is 19.2 Å². The zero-order valence-corrected chi connectivity index (χ0v) is 27.9. The molecule has 1 atom stereocenters. The fourth-order valence-corrected chi connectivity index (χ4v) is 6.14. The summed E-state index contributed by atoms with van der Waals surface area (Å²) in [4.78, 5) is 52.7. The lowest BCUT2D eigenvalue weighted by Crippen LogP contribution is -2.30. The van der Waals surface area contributed by atoms with Crippen LogP contribution in [0, 0.1) is 0 Å². The summed E-state index contributed by atoms with van der Waals surface area (Å²) in [5.74, 6) is -1.38. The number of nitrogens with one attached hydrogen (secondary N) is 3. The molecule has 0 aliphatic rings. The SMILES string of the molecule is CC(=O)c1ccc(NC(=O)C(Sc2cccc(NC(=O)/C(=C\c3ccc(Cl)cc3Cl)NC(=O)c3ccccc3)c2)c2ccccc2)cc1. The van der Waals surface area contributed by atoms with Gasteiger partial charge in [0.1, 0.15) is 10.9 Å². The summed E-state index contributed by atoms with van der Waals surface area (Å²) in [6, 6.07) is 36.5. The molecule has 0 spiro atoms. The van der Waals surface area contributed by atoms with E-state index in [0.717, 1.165) is 5.56 Å². The molecule has 240 valence electrons. The number of thioether (sulfide) groups is 1. The fraction of sp³-hybridized carbons (Fsp3) is 0.0526. The van der Waals surface area contributed by atoms with E-state index in [0.29, 0.717) is 43.0 Å². The van der Waals surface area contributed by atoms with E-state index in [2.05, 4.69) is 16.0 Å². The normalized spacial score (nSPS) is 11.7. The highest BCUT2D eigenvalue weighted by molar-refractivity contribution is 8.00. The number of carbonyl (C=O) groups excluding carboxylic acids is 4. The minimum Gasteiger partial charge on any atom is -0.325 e. The Morgan fingerprint density at radius 1 is 0.688 bits per heavy atom. The van der Waals surface area contributed by atoms with Crippen molar-refractivity contribution in [2.45, 2.75) is 17.1 Å². The Labute approximate surface area is 292 Å². The van der Waals surface area contributed by atoms with Crippen LogP contribution in [0.15, 0.2) is 138 Å². The predicted molar refractivity (Wildman–Crippen MR) is 194 cm³/mol. The van der Waals surface area contributed by atoms with Gasteiger partial charge in [-0.1, -0.05) is 83.9 Å². The van der Waals surface area contributed by atoms with E-state index in [1.807, 2.05) is 36.4 Å². The van der Waals surface area contributed by atoms with Crippen LogP contribution in [0.3, 0.4) is 0 Å². The van der Waals surface area contributed by atoms with Crippen LogP contribution < -0.4 is 16.0 Å². The van der Waals surface area contributed by atoms with Gasteiger partial charge in [0.05, 0.1) is 0 Å². The molecule has 5 aromatic rings. The lowest BCUT2D eigenvalue weighted by Gasteiger charge is -2.18. The highest BCUT2D eigenvalue weighted by Crippen LogP contribution is 2.37. The molecule has 0 bridgehead atoms. The third-order valence-corrected chi connectivity index (χ3v) is 8.85. The number of benzene rings is 5. The van der Waals surface area contributed by atoms with Gasteiger partial charge in [-0.05, 0) is 90.9 Å². The number of rotatable bonds is 11. The number of anilines is 2. The highest BCUT2D eigenvalue weighted by Gasteiger charge is 2.23. The smallest absolute Gasteiger partial charge is 0.272 e. The van der Waals surface area contributed by atoms with Gasteiger partial charge in [0, 0.05) is 37.4 Å². The molecule has 7 nitrogen and oxygen atoms in total. The number of amides is 3. The molecule has 1 unspecified atom stereocenters. The van der Waals surface area contributed by atoms with E-state index in [4.69, 9.17) is 23.2 Å². The second-order valence-corrected chi connectivity index (χ2v) is 12.6. The van der Waals surface area contributed by atoms with Gasteiger partial charge in [-0.25, -0.2) is 0 Å². The van der Waals surface area contributed by atoms with Crippen LogP contribution in [0.5, 0.6) is 0 Å². The van der Waals surface area contributed by atoms with E-state index in [-0.39, 0.29) is 17.4 Å². The van der Waals surface area contributed by atoms with Gasteiger partial charge in [-0.2, -0.15) is 0 Å². The summed E-state index contributed by atoms with van der Waals surface area (Å²) in [6.45, 7) is 1.49. The number of Topliss-reactive ketones (excluding diaryl/α,β-unsaturated/α-hetero) is 1. The van der Waals surface area contributed by atoms with Crippen LogP contribution in [0.2, 0.25) is 10.0 Å². The van der Waals surface area contributed by atoms with Crippen molar-refractivity contribution in [1.82, 2.24) is 5.32 Å². The van der Waals surface area contributed by atoms with Gasteiger partial charge < -0.3 is 16.0 Å². The molecule has 3 N–H and O–H groups in total. The highest BCUT2D eigenvalue weighted by atomic mass is 35.5. The first-order valence-electron chi connectivity index (χ1n) is 14.7. The average molecular weight is 695 g/mol. The molecule has 0 aromatic heterocycles. The molecule has 0 aliphatic heterocycles. The first-order chi connectivity index (χ1) is 23.2. The maximum atomic E-state index is 13.6. The Balaban J connectivity index is 1.38. The van der Waals surface area contributed by atoms with Gasteiger partial charge in [-0.3, -0.25) is 19.2 Å². The number of hydrogen-bond acceptors (Lipinski definition) is 5. The predicted octanol–water partition coefficient (Wildman–Crippen LogP) is 9.08. The molecule has 3 amide bonds. The summed E-state index contributed by atoms with van der Waals surface area (Å²) in [5.41, 5.74) is 3.15. The van der Waals surface area contributed by atoms with Crippen LogP contribution in [0.4, 0.5) is 11.4 Å². The third-order valence-electron chi connectivity index (χ3n) is 7.04. The lowest BCUT2D eigenvalue weighted by atomic mass is 10.1. The second-order valence-electron chi connectivity index (χ2n) is 10.6. The van der Waals surface area contributed by atoms with E-state index >= 15 is 0 Å². The fourth-order valence-electron chi connectivity index (χ4n) is 4.59. The van der Waals surface area contributed by atoms with Crippen molar-refractivity contribution >= 4 is 75.9 Å². The van der Waals surface area contributed by atoms with Gasteiger partial charge >= 0.3 is 0 Å². The topological polar surface area (TPSA) is 104 Å². The van der Waals surface area contributed by atoms with Crippen LogP contribution in [-0.2, 0) is 9.59 Å². The Morgan fingerprint density at radius 2 is 1.38 bits per heavy atom. The zero-order valence-electron chi connectivity index (χ0n) is 25.6. The van der Waals surface area contributed by atoms with Crippen molar-refractivity contribution < 1.29 is 19.2 Å². The molecule has 0 saturated heterocycles. The Bertz CT molecular complexity index is 1990. The summed E-state index contributed by atoms with van der Waals surface area (Å²) >= 11 is 13.8. The van der Waals surface area contributed by atoms with E-state index in [1.54, 1.807) is 91.0 Å². The minimum absolute atomic E-state index is 0.0385. The molecule has 10 heteroatoms. The Hall–Kier alpha value is -5.15. The molecule has 0 fully saturated rings. The van der Waals surface area contributed by atoms with Gasteiger partial charge in [-0.15, -0.1) is 11.8 Å². The molecule has 5 rings (SSSR count). The number of ketones is 1. The van der Waals surface area contributed by atoms with Gasteiger partial charge in [0.15, 0.2) is 5.78 Å². The van der Waals surface area contributed by atoms with Crippen molar-refractivity contribution in [3.63, 3.8) is 0 Å². The quantitative estimate of drug-likeness (QED) is 0.0727. The third kappa shape index (κ3) is 9.23. The largest absolute Gasteiger partial charge is 0.325 e. The van der Waals surface area contributed by atoms with Gasteiger partial charge in [0.25, 0.3) is 11.8 Å². The molecule has 5 aromatic carbocycles. The van der Waals surface area contributed by atoms with Crippen molar-refractivity contribution in [2.24, 2.45) is 0 Å². The monoisotopic (exact) mass is 693 g/mol.